The number of anilines is 2. The minimum Gasteiger partial charge on any atom is -0.349 e. The van der Waals surface area contributed by atoms with Crippen molar-refractivity contribution in [2.45, 2.75) is 90.3 Å². The highest BCUT2D eigenvalue weighted by Gasteiger charge is 2.40. The molecular formula is C34H46N8O2. The normalized spacial score (nSPS) is 22.7. The average Bonchev–Trinajstić information content (AvgIpc) is 3.00. The first-order chi connectivity index (χ1) is 21.2. The molecule has 2 amide bonds. The second kappa shape index (κ2) is 12.3. The third kappa shape index (κ3) is 5.85. The van der Waals surface area contributed by atoms with Crippen LogP contribution in [0.25, 0.3) is 11.1 Å². The number of nitrogens with one attached hydrogen (secondary N) is 4. The van der Waals surface area contributed by atoms with Gasteiger partial charge < -0.3 is 10.6 Å². The lowest BCUT2D eigenvalue weighted by Gasteiger charge is -2.42. The molecule has 2 aromatic rings. The Bertz CT molecular complexity index is 1490. The van der Waals surface area contributed by atoms with E-state index in [1.807, 2.05) is 44.2 Å². The van der Waals surface area contributed by atoms with E-state index in [2.05, 4.69) is 62.4 Å². The van der Waals surface area contributed by atoms with Gasteiger partial charge in [0.2, 0.25) is 11.8 Å². The number of rotatable bonds is 4. The van der Waals surface area contributed by atoms with E-state index in [-0.39, 0.29) is 23.4 Å². The predicted octanol–water partition coefficient (Wildman–Crippen LogP) is 4.13. The molecule has 1 atom stereocenters. The molecule has 0 bridgehead atoms. The van der Waals surface area contributed by atoms with Crippen LogP contribution in [0.4, 0.5) is 11.6 Å². The van der Waals surface area contributed by atoms with Crippen molar-refractivity contribution in [1.29, 1.82) is 0 Å². The molecule has 7 rings (SSSR count). The van der Waals surface area contributed by atoms with Crippen molar-refractivity contribution in [1.82, 2.24) is 31.5 Å². The first-order valence-electron chi connectivity index (χ1n) is 16.1. The lowest BCUT2D eigenvalue weighted by molar-refractivity contribution is -0.122. The van der Waals surface area contributed by atoms with Gasteiger partial charge in [-0.25, -0.2) is 20.8 Å². The highest BCUT2D eigenvalue weighted by molar-refractivity contribution is 5.95. The number of pyridine rings is 2. The van der Waals surface area contributed by atoms with Crippen molar-refractivity contribution in [2.24, 2.45) is 5.92 Å². The quantitative estimate of drug-likeness (QED) is 0.416. The van der Waals surface area contributed by atoms with Crippen molar-refractivity contribution in [3.8, 4) is 0 Å². The monoisotopic (exact) mass is 598 g/mol. The zero-order chi connectivity index (χ0) is 31.0. The molecule has 0 aromatic carbocycles. The van der Waals surface area contributed by atoms with E-state index in [4.69, 9.17) is 0 Å². The van der Waals surface area contributed by atoms with Gasteiger partial charge in [0.1, 0.15) is 0 Å². The molecule has 0 radical (unpaired) electrons. The van der Waals surface area contributed by atoms with Crippen LogP contribution in [0, 0.1) is 5.92 Å². The maximum Gasteiger partial charge on any atom is 0.224 e. The molecule has 0 spiro atoms. The van der Waals surface area contributed by atoms with Gasteiger partial charge in [0, 0.05) is 36.6 Å². The molecule has 4 N–H and O–H groups in total. The molecule has 1 saturated carbocycles. The van der Waals surface area contributed by atoms with Crippen LogP contribution in [0.1, 0.15) is 83.8 Å². The van der Waals surface area contributed by atoms with Crippen LogP contribution in [0.15, 0.2) is 47.8 Å². The molecule has 4 aliphatic heterocycles. The number of amides is 2. The van der Waals surface area contributed by atoms with E-state index in [9.17, 15) is 9.59 Å². The van der Waals surface area contributed by atoms with Gasteiger partial charge in [0.25, 0.3) is 0 Å². The number of hydrogen-bond donors (Lipinski definition) is 4. The first-order valence-corrected chi connectivity index (χ1v) is 16.1. The highest BCUT2D eigenvalue weighted by atomic mass is 16.2. The van der Waals surface area contributed by atoms with Gasteiger partial charge in [0.15, 0.2) is 11.6 Å². The summed E-state index contributed by atoms with van der Waals surface area (Å²) in [6.07, 6.45) is 10.9. The van der Waals surface area contributed by atoms with Crippen molar-refractivity contribution in [2.75, 3.05) is 30.2 Å². The molecule has 5 aliphatic rings. The number of fused-ring (bicyclic) bond motifs is 4. The molecule has 44 heavy (non-hydrogen) atoms. The lowest BCUT2D eigenvalue weighted by atomic mass is 9.75. The van der Waals surface area contributed by atoms with Gasteiger partial charge in [-0.3, -0.25) is 19.6 Å². The Morgan fingerprint density at radius 2 is 1.52 bits per heavy atom. The SMILES string of the molecule is CC(C)NN1CC2=C(c3cccnc31)C(C1CCCCC1)NC(=O)C2.CNN1CC2=C(c3cccnc31)C(C)(C)NC(=O)C2. The van der Waals surface area contributed by atoms with E-state index in [0.717, 1.165) is 23.7 Å². The Kier molecular flexibility index (Phi) is 8.48. The Morgan fingerprint density at radius 3 is 2.20 bits per heavy atom. The van der Waals surface area contributed by atoms with Crippen LogP contribution < -0.4 is 31.5 Å². The minimum absolute atomic E-state index is 0.0899. The fourth-order valence-corrected chi connectivity index (χ4v) is 7.73. The van der Waals surface area contributed by atoms with Gasteiger partial charge in [-0.15, -0.1) is 0 Å². The fourth-order valence-electron chi connectivity index (χ4n) is 7.73. The smallest absolute Gasteiger partial charge is 0.224 e. The zero-order valence-electron chi connectivity index (χ0n) is 26.7. The number of hydrogen-bond acceptors (Lipinski definition) is 8. The van der Waals surface area contributed by atoms with Gasteiger partial charge in [0.05, 0.1) is 37.5 Å². The Balaban J connectivity index is 0.000000162. The van der Waals surface area contributed by atoms with Gasteiger partial charge in [-0.2, -0.15) is 0 Å². The first kappa shape index (κ1) is 30.3. The van der Waals surface area contributed by atoms with Crippen molar-refractivity contribution >= 4 is 34.6 Å². The number of hydrazine groups is 2. The largest absolute Gasteiger partial charge is 0.349 e. The number of carbonyl (C=O) groups is 2. The lowest BCUT2D eigenvalue weighted by Crippen LogP contribution is -2.52. The number of carbonyl (C=O) groups excluding carboxylic acids is 2. The van der Waals surface area contributed by atoms with E-state index >= 15 is 0 Å². The predicted molar refractivity (Wildman–Crippen MR) is 174 cm³/mol. The summed E-state index contributed by atoms with van der Waals surface area (Å²) in [7, 11) is 1.87. The van der Waals surface area contributed by atoms with Crippen LogP contribution in [-0.2, 0) is 9.59 Å². The Morgan fingerprint density at radius 1 is 0.886 bits per heavy atom. The summed E-state index contributed by atoms with van der Waals surface area (Å²) < 4.78 is 0. The second-order valence-corrected chi connectivity index (χ2v) is 13.4. The molecule has 2 aromatic heterocycles. The van der Waals surface area contributed by atoms with Gasteiger partial charge in [-0.1, -0.05) is 19.3 Å². The average molecular weight is 599 g/mol. The van der Waals surface area contributed by atoms with Gasteiger partial charge >= 0.3 is 0 Å². The molecule has 10 nitrogen and oxygen atoms in total. The fraction of sp³-hybridized carbons (Fsp3) is 0.529. The van der Waals surface area contributed by atoms with E-state index in [1.165, 1.54) is 60.0 Å². The van der Waals surface area contributed by atoms with Crippen LogP contribution >= 0.6 is 0 Å². The summed E-state index contributed by atoms with van der Waals surface area (Å²) in [5, 5.41) is 10.5. The third-order valence-electron chi connectivity index (χ3n) is 9.33. The molecule has 10 heteroatoms. The van der Waals surface area contributed by atoms with E-state index < -0.39 is 0 Å². The molecule has 1 unspecified atom stereocenters. The van der Waals surface area contributed by atoms with Crippen molar-refractivity contribution in [3.05, 3.63) is 58.9 Å². The summed E-state index contributed by atoms with van der Waals surface area (Å²) in [6, 6.07) is 8.66. The molecule has 1 aliphatic carbocycles. The van der Waals surface area contributed by atoms with E-state index in [0.29, 0.717) is 31.3 Å². The maximum absolute atomic E-state index is 12.4. The van der Waals surface area contributed by atoms with Crippen LogP contribution in [0.5, 0.6) is 0 Å². The Labute approximate surface area is 260 Å². The van der Waals surface area contributed by atoms with E-state index in [1.54, 1.807) is 6.20 Å². The molecule has 0 saturated heterocycles. The topological polar surface area (TPSA) is 115 Å². The number of aromatic nitrogens is 2. The summed E-state index contributed by atoms with van der Waals surface area (Å²) in [6.45, 7) is 9.80. The summed E-state index contributed by atoms with van der Waals surface area (Å²) in [5.74, 6) is 2.74. The zero-order valence-corrected chi connectivity index (χ0v) is 26.7. The highest BCUT2D eigenvalue weighted by Crippen LogP contribution is 2.43. The van der Waals surface area contributed by atoms with Crippen LogP contribution in [0.3, 0.4) is 0 Å². The van der Waals surface area contributed by atoms with Crippen molar-refractivity contribution in [3.63, 3.8) is 0 Å². The van der Waals surface area contributed by atoms with Crippen molar-refractivity contribution < 1.29 is 9.59 Å². The summed E-state index contributed by atoms with van der Waals surface area (Å²) in [4.78, 5) is 33.4. The maximum atomic E-state index is 12.4. The molecule has 6 heterocycles. The second-order valence-electron chi connectivity index (χ2n) is 13.4. The van der Waals surface area contributed by atoms with Crippen LogP contribution in [0.2, 0.25) is 0 Å². The third-order valence-corrected chi connectivity index (χ3v) is 9.33. The minimum atomic E-state index is -0.345. The van der Waals surface area contributed by atoms with Gasteiger partial charge in [-0.05, 0) is 93.0 Å². The standard InChI is InChI=1S/C20H28N4O.C14H18N4O/c1-13(2)23-24-12-15-11-17(25)22-19(14-7-4-3-5-8-14)18(15)16-9-6-10-21-20(16)24;1-14(2)12-9(7-11(19)17-14)8-18(15-3)13-10(12)5-4-6-16-13/h6,9-10,13-14,19,23H,3-5,7-8,11-12H2,1-2H3,(H,22,25);4-6,15H,7-8H2,1-3H3,(H,17,19). The summed E-state index contributed by atoms with van der Waals surface area (Å²) >= 11 is 0. The Hall–Kier alpha value is -3.76. The van der Waals surface area contributed by atoms with Crippen LogP contribution in [-0.4, -0.2) is 59.5 Å². The molecule has 1 fully saturated rings. The number of nitrogens with zero attached hydrogens (tertiary/aromatic N) is 4. The molecule has 234 valence electrons. The summed E-state index contributed by atoms with van der Waals surface area (Å²) in [5.41, 5.74) is 13.5. The molecular weight excluding hydrogens is 552 g/mol.